The highest BCUT2D eigenvalue weighted by Crippen LogP contribution is 2.30. The number of benzene rings is 1. The van der Waals surface area contributed by atoms with Crippen molar-refractivity contribution in [2.45, 2.75) is 51.4 Å². The standard InChI is InChI=1S/C27H37N3O8/c1-27(2,3)38-26(36)28-20(24(33)34)16-17-8-10-18(11-9-17)37-25(35)19-6-5-7-21(31)22(19)23(32)30-14-12-29(4)13-15-30/h5,7-11,19-22,31H,6,12-16H2,1-4H3,(H,28,36)(H,33,34). The van der Waals surface area contributed by atoms with E-state index in [1.54, 1.807) is 50.0 Å². The number of carbonyl (C=O) groups is 4. The van der Waals surface area contributed by atoms with Crippen LogP contribution in [-0.4, -0.2) is 94.9 Å². The molecule has 4 unspecified atom stereocenters. The first-order valence-electron chi connectivity index (χ1n) is 12.7. The van der Waals surface area contributed by atoms with Crippen LogP contribution in [0.4, 0.5) is 4.79 Å². The van der Waals surface area contributed by atoms with E-state index in [4.69, 9.17) is 9.47 Å². The lowest BCUT2D eigenvalue weighted by molar-refractivity contribution is -0.153. The lowest BCUT2D eigenvalue weighted by Gasteiger charge is -2.38. The molecule has 0 radical (unpaired) electrons. The van der Waals surface area contributed by atoms with Crippen LogP contribution < -0.4 is 10.1 Å². The smallest absolute Gasteiger partial charge is 0.408 e. The second-order valence-electron chi connectivity index (χ2n) is 10.7. The number of allylic oxidation sites excluding steroid dienone is 1. The lowest BCUT2D eigenvalue weighted by Crippen LogP contribution is -2.53. The molecule has 1 aliphatic carbocycles. The molecule has 11 nitrogen and oxygen atoms in total. The summed E-state index contributed by atoms with van der Waals surface area (Å²) in [6.07, 6.45) is 1.57. The zero-order valence-corrected chi connectivity index (χ0v) is 22.3. The fourth-order valence-corrected chi connectivity index (χ4v) is 4.44. The molecule has 0 spiro atoms. The van der Waals surface area contributed by atoms with Crippen molar-refractivity contribution < 1.29 is 38.9 Å². The number of nitrogens with one attached hydrogen (secondary N) is 1. The van der Waals surface area contributed by atoms with E-state index in [0.29, 0.717) is 18.7 Å². The molecule has 0 saturated carbocycles. The number of aliphatic hydroxyl groups excluding tert-OH is 1. The second-order valence-corrected chi connectivity index (χ2v) is 10.7. The van der Waals surface area contributed by atoms with Gasteiger partial charge in [-0.3, -0.25) is 9.59 Å². The van der Waals surface area contributed by atoms with Crippen molar-refractivity contribution in [3.63, 3.8) is 0 Å². The number of ether oxygens (including phenoxy) is 2. The molecule has 38 heavy (non-hydrogen) atoms. The zero-order chi connectivity index (χ0) is 28.0. The van der Waals surface area contributed by atoms with Crippen molar-refractivity contribution in [3.8, 4) is 5.75 Å². The number of likely N-dealkylation sites (N-methyl/N-ethyl adjacent to an activating group) is 1. The number of hydrogen-bond donors (Lipinski definition) is 3. The number of hydrogen-bond acceptors (Lipinski definition) is 8. The Bertz CT molecular complexity index is 1040. The minimum Gasteiger partial charge on any atom is -0.480 e. The Labute approximate surface area is 222 Å². The van der Waals surface area contributed by atoms with Gasteiger partial charge in [-0.1, -0.05) is 24.3 Å². The number of rotatable bonds is 7. The number of aliphatic carboxylic acids is 1. The first-order valence-corrected chi connectivity index (χ1v) is 12.7. The second kappa shape index (κ2) is 12.4. The van der Waals surface area contributed by atoms with Gasteiger partial charge in [0.25, 0.3) is 0 Å². The normalized spacial score (nSPS) is 22.9. The van der Waals surface area contributed by atoms with Crippen LogP contribution in [0.15, 0.2) is 36.4 Å². The fourth-order valence-electron chi connectivity index (χ4n) is 4.44. The molecule has 4 atom stereocenters. The lowest BCUT2D eigenvalue weighted by atomic mass is 9.80. The molecule has 11 heteroatoms. The van der Waals surface area contributed by atoms with Gasteiger partial charge in [0.15, 0.2) is 0 Å². The van der Waals surface area contributed by atoms with Crippen LogP contribution in [-0.2, 0) is 25.5 Å². The number of amides is 2. The number of alkyl carbamates (subject to hydrolysis) is 1. The van der Waals surface area contributed by atoms with Crippen LogP contribution >= 0.6 is 0 Å². The van der Waals surface area contributed by atoms with Gasteiger partial charge in [0, 0.05) is 32.6 Å². The van der Waals surface area contributed by atoms with Gasteiger partial charge < -0.3 is 34.8 Å². The number of esters is 1. The predicted octanol–water partition coefficient (Wildman–Crippen LogP) is 1.44. The molecule has 1 aromatic rings. The first kappa shape index (κ1) is 29.1. The van der Waals surface area contributed by atoms with Crippen LogP contribution in [0.2, 0.25) is 0 Å². The highest BCUT2D eigenvalue weighted by molar-refractivity contribution is 5.87. The molecule has 0 bridgehead atoms. The molecule has 208 valence electrons. The topological polar surface area (TPSA) is 146 Å². The molecule has 1 aromatic carbocycles. The molecular formula is C27H37N3O8. The monoisotopic (exact) mass is 531 g/mol. The third-order valence-electron chi connectivity index (χ3n) is 6.50. The number of piperazine rings is 1. The van der Waals surface area contributed by atoms with Crippen molar-refractivity contribution in [3.05, 3.63) is 42.0 Å². The quantitative estimate of drug-likeness (QED) is 0.270. The highest BCUT2D eigenvalue weighted by atomic mass is 16.6. The molecule has 0 aromatic heterocycles. The SMILES string of the molecule is CN1CCN(C(=O)C2C(O)C=CCC2C(=O)Oc2ccc(CC(NC(=O)OC(C)(C)C)C(=O)O)cc2)CC1. The first-order chi connectivity index (χ1) is 17.8. The summed E-state index contributed by atoms with van der Waals surface area (Å²) in [4.78, 5) is 53.7. The Hall–Kier alpha value is -3.44. The average molecular weight is 532 g/mol. The number of carbonyl (C=O) groups excluding carboxylic acids is 3. The molecule has 1 fully saturated rings. The van der Waals surface area contributed by atoms with Crippen LogP contribution in [0.5, 0.6) is 5.75 Å². The molecule has 2 aliphatic rings. The summed E-state index contributed by atoms with van der Waals surface area (Å²) in [7, 11) is 1.98. The molecule has 3 N–H and O–H groups in total. The molecule has 1 saturated heterocycles. The van der Waals surface area contributed by atoms with Crippen LogP contribution in [0.3, 0.4) is 0 Å². The third kappa shape index (κ3) is 8.03. The summed E-state index contributed by atoms with van der Waals surface area (Å²) >= 11 is 0. The maximum atomic E-state index is 13.2. The van der Waals surface area contributed by atoms with Crippen molar-refractivity contribution >= 4 is 23.9 Å². The Morgan fingerprint density at radius 2 is 1.71 bits per heavy atom. The molecule has 2 amide bonds. The van der Waals surface area contributed by atoms with E-state index in [1.807, 2.05) is 7.05 Å². The minimum absolute atomic E-state index is 0.00991. The maximum absolute atomic E-state index is 13.2. The van der Waals surface area contributed by atoms with Gasteiger partial charge in [-0.05, 0) is 51.9 Å². The van der Waals surface area contributed by atoms with Gasteiger partial charge in [-0.15, -0.1) is 0 Å². The van der Waals surface area contributed by atoms with Gasteiger partial charge in [0.1, 0.15) is 17.4 Å². The summed E-state index contributed by atoms with van der Waals surface area (Å²) in [5, 5.41) is 22.4. The van der Waals surface area contributed by atoms with E-state index < -0.39 is 47.6 Å². The molecule has 1 aliphatic heterocycles. The van der Waals surface area contributed by atoms with Crippen LogP contribution in [0.25, 0.3) is 0 Å². The largest absolute Gasteiger partial charge is 0.480 e. The summed E-state index contributed by atoms with van der Waals surface area (Å²) in [6.45, 7) is 7.55. The van der Waals surface area contributed by atoms with E-state index in [0.717, 1.165) is 13.1 Å². The van der Waals surface area contributed by atoms with Crippen LogP contribution in [0.1, 0.15) is 32.8 Å². The van der Waals surface area contributed by atoms with E-state index in [2.05, 4.69) is 10.2 Å². The van der Waals surface area contributed by atoms with Gasteiger partial charge in [-0.2, -0.15) is 0 Å². The summed E-state index contributed by atoms with van der Waals surface area (Å²) in [5.74, 6) is -3.64. The van der Waals surface area contributed by atoms with E-state index in [-0.39, 0.29) is 24.5 Å². The average Bonchev–Trinajstić information content (AvgIpc) is 2.83. The summed E-state index contributed by atoms with van der Waals surface area (Å²) in [6, 6.07) is 5.02. The van der Waals surface area contributed by atoms with Crippen molar-refractivity contribution in [1.82, 2.24) is 15.1 Å². The Kier molecular flexibility index (Phi) is 9.50. The van der Waals surface area contributed by atoms with E-state index in [1.165, 1.54) is 12.1 Å². The fraction of sp³-hybridized carbons (Fsp3) is 0.556. The van der Waals surface area contributed by atoms with Crippen molar-refractivity contribution in [2.75, 3.05) is 33.2 Å². The number of aliphatic hydroxyl groups is 1. The van der Waals surface area contributed by atoms with E-state index >= 15 is 0 Å². The summed E-state index contributed by atoms with van der Waals surface area (Å²) in [5.41, 5.74) is -0.177. The van der Waals surface area contributed by atoms with E-state index in [9.17, 15) is 29.4 Å². The summed E-state index contributed by atoms with van der Waals surface area (Å²) < 4.78 is 10.7. The van der Waals surface area contributed by atoms with Crippen LogP contribution in [0, 0.1) is 11.8 Å². The maximum Gasteiger partial charge on any atom is 0.408 e. The number of carboxylic acid groups (broad SMARTS) is 1. The van der Waals surface area contributed by atoms with Crippen molar-refractivity contribution in [2.24, 2.45) is 11.8 Å². The van der Waals surface area contributed by atoms with Gasteiger partial charge in [0.2, 0.25) is 5.91 Å². The number of nitrogens with zero attached hydrogens (tertiary/aromatic N) is 2. The highest BCUT2D eigenvalue weighted by Gasteiger charge is 2.42. The Balaban J connectivity index is 1.63. The Morgan fingerprint density at radius 3 is 2.29 bits per heavy atom. The molecule has 3 rings (SSSR count). The minimum atomic E-state index is -1.22. The Morgan fingerprint density at radius 1 is 1.08 bits per heavy atom. The van der Waals surface area contributed by atoms with Gasteiger partial charge >= 0.3 is 18.0 Å². The number of carboxylic acids is 1. The van der Waals surface area contributed by atoms with Gasteiger partial charge in [-0.25, -0.2) is 9.59 Å². The van der Waals surface area contributed by atoms with Crippen molar-refractivity contribution in [1.29, 1.82) is 0 Å². The predicted molar refractivity (Wildman–Crippen MR) is 137 cm³/mol. The molecule has 1 heterocycles. The zero-order valence-electron chi connectivity index (χ0n) is 22.3. The molecular weight excluding hydrogens is 494 g/mol. The van der Waals surface area contributed by atoms with Gasteiger partial charge in [0.05, 0.1) is 17.9 Å². The third-order valence-corrected chi connectivity index (χ3v) is 6.50.